The van der Waals surface area contributed by atoms with E-state index in [0.29, 0.717) is 0 Å². The summed E-state index contributed by atoms with van der Waals surface area (Å²) in [5.41, 5.74) is 1.74. The van der Waals surface area contributed by atoms with Crippen LogP contribution in [0.4, 0.5) is 5.82 Å². The summed E-state index contributed by atoms with van der Waals surface area (Å²) in [4.78, 5) is 15.0. The summed E-state index contributed by atoms with van der Waals surface area (Å²) in [6.07, 6.45) is 3.34. The van der Waals surface area contributed by atoms with Gasteiger partial charge in [-0.2, -0.15) is 0 Å². The van der Waals surface area contributed by atoms with Crippen LogP contribution in [0.15, 0.2) is 12.7 Å². The molecule has 0 atom stereocenters. The van der Waals surface area contributed by atoms with Crippen LogP contribution in [0, 0.1) is 0 Å². The first-order valence-corrected chi connectivity index (χ1v) is 5.31. The lowest BCUT2D eigenvalue weighted by Gasteiger charge is -2.28. The van der Waals surface area contributed by atoms with Crippen LogP contribution in [-0.4, -0.2) is 45.8 Å². The van der Waals surface area contributed by atoms with Crippen molar-refractivity contribution >= 4 is 17.0 Å². The van der Waals surface area contributed by atoms with Crippen LogP contribution in [0.2, 0.25) is 0 Å². The molecule has 0 unspecified atom stereocenters. The van der Waals surface area contributed by atoms with Gasteiger partial charge in [-0.05, 0) is 0 Å². The molecule has 1 aliphatic heterocycles. The van der Waals surface area contributed by atoms with E-state index >= 15 is 0 Å². The average Bonchev–Trinajstić information content (AvgIpc) is 2.73. The quantitative estimate of drug-likeness (QED) is 0.685. The van der Waals surface area contributed by atoms with E-state index in [1.54, 1.807) is 12.7 Å². The van der Waals surface area contributed by atoms with Crippen LogP contribution >= 0.6 is 0 Å². The smallest absolute Gasteiger partial charge is 0.182 e. The lowest BCUT2D eigenvalue weighted by molar-refractivity contribution is 0.122. The molecule has 0 aromatic carbocycles. The number of rotatable bonds is 1. The minimum absolute atomic E-state index is 0.749. The molecule has 6 nitrogen and oxygen atoms in total. The van der Waals surface area contributed by atoms with Crippen molar-refractivity contribution in [2.24, 2.45) is 7.05 Å². The second-order valence-corrected chi connectivity index (χ2v) is 3.82. The van der Waals surface area contributed by atoms with E-state index in [0.717, 1.165) is 43.3 Å². The fourth-order valence-electron chi connectivity index (χ4n) is 1.98. The third-order valence-corrected chi connectivity index (χ3v) is 2.80. The minimum Gasteiger partial charge on any atom is -0.378 e. The first-order valence-electron chi connectivity index (χ1n) is 5.31. The van der Waals surface area contributed by atoms with Crippen molar-refractivity contribution in [1.29, 1.82) is 0 Å². The summed E-state index contributed by atoms with van der Waals surface area (Å²) in [5, 5.41) is 0. The maximum atomic E-state index is 5.34. The SMILES string of the molecule is Cn1cnc2ncnc(N3CCOCC3)c21. The first-order chi connectivity index (χ1) is 7.86. The van der Waals surface area contributed by atoms with Gasteiger partial charge in [-0.15, -0.1) is 0 Å². The molecule has 2 aromatic heterocycles. The number of anilines is 1. The zero-order valence-electron chi connectivity index (χ0n) is 9.13. The number of fused-ring (bicyclic) bond motifs is 1. The summed E-state index contributed by atoms with van der Waals surface area (Å²) in [5.74, 6) is 0.952. The predicted octanol–water partition coefficient (Wildman–Crippen LogP) is 0.200. The predicted molar refractivity (Wildman–Crippen MR) is 59.3 cm³/mol. The molecule has 1 fully saturated rings. The topological polar surface area (TPSA) is 56.1 Å². The fraction of sp³-hybridized carbons (Fsp3) is 0.500. The van der Waals surface area contributed by atoms with E-state index in [1.807, 2.05) is 11.6 Å². The third kappa shape index (κ3) is 1.42. The first kappa shape index (κ1) is 9.53. The second-order valence-electron chi connectivity index (χ2n) is 3.82. The summed E-state index contributed by atoms with van der Waals surface area (Å²) < 4.78 is 7.30. The van der Waals surface area contributed by atoms with Crippen LogP contribution < -0.4 is 4.90 Å². The van der Waals surface area contributed by atoms with Gasteiger partial charge in [0.25, 0.3) is 0 Å². The van der Waals surface area contributed by atoms with Crippen LogP contribution in [-0.2, 0) is 11.8 Å². The van der Waals surface area contributed by atoms with Crippen molar-refractivity contribution in [3.63, 3.8) is 0 Å². The van der Waals surface area contributed by atoms with Gasteiger partial charge < -0.3 is 14.2 Å². The average molecular weight is 219 g/mol. The standard InChI is InChI=1S/C10H13N5O/c1-14-7-13-9-8(14)10(12-6-11-9)15-2-4-16-5-3-15/h6-7H,2-5H2,1H3. The van der Waals surface area contributed by atoms with Gasteiger partial charge in [0.2, 0.25) is 0 Å². The molecule has 0 spiro atoms. The highest BCUT2D eigenvalue weighted by Crippen LogP contribution is 2.21. The molecule has 0 bridgehead atoms. The van der Waals surface area contributed by atoms with Crippen LogP contribution in [0.1, 0.15) is 0 Å². The molecule has 1 saturated heterocycles. The van der Waals surface area contributed by atoms with E-state index < -0.39 is 0 Å². The number of hydrogen-bond donors (Lipinski definition) is 0. The van der Waals surface area contributed by atoms with Gasteiger partial charge in [-0.3, -0.25) is 0 Å². The van der Waals surface area contributed by atoms with E-state index in [-0.39, 0.29) is 0 Å². The molecule has 84 valence electrons. The molecule has 0 saturated carbocycles. The van der Waals surface area contributed by atoms with Crippen molar-refractivity contribution in [1.82, 2.24) is 19.5 Å². The Bertz CT molecular complexity index is 503. The molecular weight excluding hydrogens is 206 g/mol. The summed E-state index contributed by atoms with van der Waals surface area (Å²) >= 11 is 0. The molecule has 16 heavy (non-hydrogen) atoms. The van der Waals surface area contributed by atoms with Crippen molar-refractivity contribution in [3.8, 4) is 0 Å². The minimum atomic E-state index is 0.749. The number of aromatic nitrogens is 4. The molecule has 3 heterocycles. The van der Waals surface area contributed by atoms with E-state index in [1.165, 1.54) is 0 Å². The van der Waals surface area contributed by atoms with Gasteiger partial charge in [-0.25, -0.2) is 15.0 Å². The fourth-order valence-corrected chi connectivity index (χ4v) is 1.98. The van der Waals surface area contributed by atoms with Crippen LogP contribution in [0.3, 0.4) is 0 Å². The largest absolute Gasteiger partial charge is 0.378 e. The van der Waals surface area contributed by atoms with Crippen LogP contribution in [0.5, 0.6) is 0 Å². The maximum Gasteiger partial charge on any atom is 0.182 e. The Morgan fingerprint density at radius 2 is 2.00 bits per heavy atom. The molecule has 3 rings (SSSR count). The lowest BCUT2D eigenvalue weighted by Crippen LogP contribution is -2.37. The van der Waals surface area contributed by atoms with E-state index in [9.17, 15) is 0 Å². The maximum absolute atomic E-state index is 5.34. The number of imidazole rings is 1. The number of aryl methyl sites for hydroxylation is 1. The number of nitrogens with zero attached hydrogens (tertiary/aromatic N) is 5. The van der Waals surface area contributed by atoms with Gasteiger partial charge in [0, 0.05) is 20.1 Å². The Morgan fingerprint density at radius 1 is 1.19 bits per heavy atom. The highest BCUT2D eigenvalue weighted by molar-refractivity contribution is 5.83. The van der Waals surface area contributed by atoms with Gasteiger partial charge in [0.15, 0.2) is 11.5 Å². The third-order valence-electron chi connectivity index (χ3n) is 2.80. The summed E-state index contributed by atoms with van der Waals surface area (Å²) in [6.45, 7) is 3.25. The normalized spacial score (nSPS) is 16.9. The molecule has 1 aliphatic rings. The van der Waals surface area contributed by atoms with Gasteiger partial charge in [0.05, 0.1) is 19.5 Å². The highest BCUT2D eigenvalue weighted by atomic mass is 16.5. The summed E-state index contributed by atoms with van der Waals surface area (Å²) in [7, 11) is 1.96. The monoisotopic (exact) mass is 219 g/mol. The van der Waals surface area contributed by atoms with Crippen molar-refractivity contribution in [2.75, 3.05) is 31.2 Å². The van der Waals surface area contributed by atoms with Gasteiger partial charge >= 0.3 is 0 Å². The molecule has 2 aromatic rings. The number of hydrogen-bond acceptors (Lipinski definition) is 5. The van der Waals surface area contributed by atoms with Crippen molar-refractivity contribution < 1.29 is 4.74 Å². The molecular formula is C10H13N5O. The molecule has 0 amide bonds. The molecule has 0 N–H and O–H groups in total. The van der Waals surface area contributed by atoms with Crippen molar-refractivity contribution in [3.05, 3.63) is 12.7 Å². The van der Waals surface area contributed by atoms with Gasteiger partial charge in [-0.1, -0.05) is 0 Å². The number of morpholine rings is 1. The Balaban J connectivity index is 2.10. The molecule has 0 aliphatic carbocycles. The Labute approximate surface area is 92.9 Å². The highest BCUT2D eigenvalue weighted by Gasteiger charge is 2.17. The molecule has 6 heteroatoms. The Kier molecular flexibility index (Phi) is 2.21. The zero-order valence-corrected chi connectivity index (χ0v) is 9.13. The van der Waals surface area contributed by atoms with Crippen LogP contribution in [0.25, 0.3) is 11.2 Å². The number of ether oxygens (including phenoxy) is 1. The lowest BCUT2D eigenvalue weighted by atomic mass is 10.3. The second kappa shape index (κ2) is 3.71. The summed E-state index contributed by atoms with van der Waals surface area (Å²) in [6, 6.07) is 0. The molecule has 0 radical (unpaired) electrons. The van der Waals surface area contributed by atoms with Crippen molar-refractivity contribution in [2.45, 2.75) is 0 Å². The zero-order chi connectivity index (χ0) is 11.0. The van der Waals surface area contributed by atoms with Gasteiger partial charge in [0.1, 0.15) is 11.8 Å². The Morgan fingerprint density at radius 3 is 2.81 bits per heavy atom. The van der Waals surface area contributed by atoms with E-state index in [4.69, 9.17) is 4.74 Å². The Hall–Kier alpha value is -1.69. The van der Waals surface area contributed by atoms with E-state index in [2.05, 4.69) is 19.9 Å².